The predicted octanol–water partition coefficient (Wildman–Crippen LogP) is 5.08. The van der Waals surface area contributed by atoms with Crippen LogP contribution in [0.2, 0.25) is 0 Å². The number of hydrogen-bond donors (Lipinski definition) is 0. The number of rotatable bonds is 9. The molecule has 0 aromatic rings. The van der Waals surface area contributed by atoms with E-state index >= 15 is 0 Å². The number of halogens is 1. The molecule has 0 unspecified atom stereocenters. The lowest BCUT2D eigenvalue weighted by atomic mass is 10.1. The van der Waals surface area contributed by atoms with Crippen LogP contribution in [0.15, 0.2) is 12.2 Å². The Bertz CT molecular complexity index is 108. The second-order valence-corrected chi connectivity index (χ2v) is 4.30. The molecule has 0 aliphatic rings. The summed E-state index contributed by atoms with van der Waals surface area (Å²) in [6, 6.07) is 0. The smallest absolute Gasteiger partial charge is 0.00313 e. The van der Waals surface area contributed by atoms with Gasteiger partial charge in [0, 0.05) is 5.33 Å². The van der Waals surface area contributed by atoms with Gasteiger partial charge >= 0.3 is 0 Å². The van der Waals surface area contributed by atoms with E-state index in [-0.39, 0.29) is 0 Å². The molecule has 0 rings (SSSR count). The molecule has 0 aromatic heterocycles. The molecule has 0 aliphatic carbocycles. The average molecular weight is 247 g/mol. The van der Waals surface area contributed by atoms with E-state index in [1.165, 1.54) is 56.7 Å². The van der Waals surface area contributed by atoms with Gasteiger partial charge in [0.25, 0.3) is 0 Å². The maximum Gasteiger partial charge on any atom is 0.00313 e. The summed E-state index contributed by atoms with van der Waals surface area (Å²) in [5.41, 5.74) is 0. The number of unbranched alkanes of at least 4 members (excludes halogenated alkanes) is 6. The molecule has 78 valence electrons. The highest BCUT2D eigenvalue weighted by Gasteiger charge is 1.86. The van der Waals surface area contributed by atoms with Crippen molar-refractivity contribution in [3.8, 4) is 0 Å². The van der Waals surface area contributed by atoms with Crippen LogP contribution in [0.3, 0.4) is 0 Å². The lowest BCUT2D eigenvalue weighted by molar-refractivity contribution is 0.678. The van der Waals surface area contributed by atoms with Gasteiger partial charge in [-0.15, -0.1) is 0 Å². The molecular weight excluding hydrogens is 224 g/mol. The van der Waals surface area contributed by atoms with Crippen molar-refractivity contribution in [2.45, 2.75) is 58.3 Å². The molecule has 1 heteroatoms. The highest BCUT2D eigenvalue weighted by Crippen LogP contribution is 2.05. The Labute approximate surface area is 91.9 Å². The minimum atomic E-state index is 1.17. The molecule has 0 bridgehead atoms. The van der Waals surface area contributed by atoms with Gasteiger partial charge in [-0.1, -0.05) is 60.7 Å². The summed E-state index contributed by atoms with van der Waals surface area (Å²) in [7, 11) is 0. The van der Waals surface area contributed by atoms with Gasteiger partial charge in [0.15, 0.2) is 0 Å². The summed E-state index contributed by atoms with van der Waals surface area (Å²) in [5, 5.41) is 1.17. The second kappa shape index (κ2) is 12.2. The molecule has 0 aliphatic heterocycles. The molecule has 0 heterocycles. The first-order chi connectivity index (χ1) is 6.41. The maximum absolute atomic E-state index is 3.45. The Kier molecular flexibility index (Phi) is 12.4. The van der Waals surface area contributed by atoms with Crippen LogP contribution >= 0.6 is 15.9 Å². The van der Waals surface area contributed by atoms with Crippen LogP contribution < -0.4 is 0 Å². The zero-order chi connectivity index (χ0) is 9.78. The van der Waals surface area contributed by atoms with Crippen LogP contribution in [0.1, 0.15) is 58.3 Å². The summed E-state index contributed by atoms with van der Waals surface area (Å²) in [5.74, 6) is 0. The fourth-order valence-corrected chi connectivity index (χ4v) is 1.66. The zero-order valence-corrected chi connectivity index (χ0v) is 10.5. The van der Waals surface area contributed by atoms with E-state index in [0.717, 1.165) is 0 Å². The lowest BCUT2D eigenvalue weighted by Gasteiger charge is -1.95. The van der Waals surface area contributed by atoms with Gasteiger partial charge in [-0.05, 0) is 25.7 Å². The van der Waals surface area contributed by atoms with E-state index in [4.69, 9.17) is 0 Å². The monoisotopic (exact) mass is 246 g/mol. The first-order valence-corrected chi connectivity index (χ1v) is 6.75. The van der Waals surface area contributed by atoms with Crippen molar-refractivity contribution in [3.63, 3.8) is 0 Å². The van der Waals surface area contributed by atoms with Crippen molar-refractivity contribution >= 4 is 15.9 Å². The fraction of sp³-hybridized carbons (Fsp3) is 0.833. The maximum atomic E-state index is 3.45. The first kappa shape index (κ1) is 13.2. The predicted molar refractivity (Wildman–Crippen MR) is 65.5 cm³/mol. The Hall–Kier alpha value is 0.220. The molecule has 0 N–H and O–H groups in total. The molecule has 0 atom stereocenters. The summed E-state index contributed by atoms with van der Waals surface area (Å²) < 4.78 is 0. The van der Waals surface area contributed by atoms with Crippen molar-refractivity contribution in [2.75, 3.05) is 5.33 Å². The van der Waals surface area contributed by atoms with Crippen molar-refractivity contribution in [2.24, 2.45) is 0 Å². The molecule has 0 saturated heterocycles. The molecule has 0 aromatic carbocycles. The van der Waals surface area contributed by atoms with Gasteiger partial charge in [0.05, 0.1) is 0 Å². The van der Waals surface area contributed by atoms with E-state index < -0.39 is 0 Å². The normalized spacial score (nSPS) is 11.2. The zero-order valence-electron chi connectivity index (χ0n) is 8.90. The largest absolute Gasteiger partial charge is 0.0928 e. The minimum Gasteiger partial charge on any atom is -0.0928 e. The molecular formula is C12H23Br. The summed E-state index contributed by atoms with van der Waals surface area (Å²) >= 11 is 3.45. The highest BCUT2D eigenvalue weighted by molar-refractivity contribution is 9.09. The Morgan fingerprint density at radius 1 is 0.846 bits per heavy atom. The van der Waals surface area contributed by atoms with Crippen LogP contribution in [-0.4, -0.2) is 5.33 Å². The molecule has 0 saturated carbocycles. The van der Waals surface area contributed by atoms with Crippen LogP contribution in [0.25, 0.3) is 0 Å². The highest BCUT2D eigenvalue weighted by atomic mass is 79.9. The summed E-state index contributed by atoms with van der Waals surface area (Å²) in [4.78, 5) is 0. The van der Waals surface area contributed by atoms with Crippen LogP contribution in [0.5, 0.6) is 0 Å². The Morgan fingerprint density at radius 3 is 2.08 bits per heavy atom. The molecule has 0 fully saturated rings. The Balaban J connectivity index is 2.93. The third-order valence-electron chi connectivity index (χ3n) is 2.15. The van der Waals surface area contributed by atoms with E-state index in [2.05, 4.69) is 35.0 Å². The van der Waals surface area contributed by atoms with Crippen LogP contribution in [-0.2, 0) is 0 Å². The molecule has 0 spiro atoms. The van der Waals surface area contributed by atoms with Crippen molar-refractivity contribution in [3.05, 3.63) is 12.2 Å². The van der Waals surface area contributed by atoms with Gasteiger partial charge < -0.3 is 0 Å². The standard InChI is InChI=1S/C12H23Br/c1-2-3-4-5-6-7-8-9-10-11-12-13/h5-6H,2-4,7-12H2,1H3. The van der Waals surface area contributed by atoms with E-state index in [1.54, 1.807) is 0 Å². The van der Waals surface area contributed by atoms with Crippen LogP contribution in [0, 0.1) is 0 Å². The van der Waals surface area contributed by atoms with Gasteiger partial charge in [-0.3, -0.25) is 0 Å². The number of hydrogen-bond acceptors (Lipinski definition) is 0. The van der Waals surface area contributed by atoms with Gasteiger partial charge in [-0.2, -0.15) is 0 Å². The fourth-order valence-electron chi connectivity index (χ4n) is 1.27. The molecule has 13 heavy (non-hydrogen) atoms. The van der Waals surface area contributed by atoms with Crippen LogP contribution in [0.4, 0.5) is 0 Å². The second-order valence-electron chi connectivity index (χ2n) is 3.51. The molecule has 0 nitrogen and oxygen atoms in total. The topological polar surface area (TPSA) is 0 Å². The SMILES string of the molecule is CCCCC=CCCCCCCBr. The Morgan fingerprint density at radius 2 is 1.46 bits per heavy atom. The van der Waals surface area contributed by atoms with E-state index in [1.807, 2.05) is 0 Å². The first-order valence-electron chi connectivity index (χ1n) is 5.62. The quantitative estimate of drug-likeness (QED) is 0.303. The number of alkyl halides is 1. The van der Waals surface area contributed by atoms with Crippen molar-refractivity contribution in [1.82, 2.24) is 0 Å². The summed E-state index contributed by atoms with van der Waals surface area (Å²) in [6.45, 7) is 2.24. The third kappa shape index (κ3) is 12.2. The average Bonchev–Trinajstić information content (AvgIpc) is 2.16. The van der Waals surface area contributed by atoms with E-state index in [0.29, 0.717) is 0 Å². The van der Waals surface area contributed by atoms with E-state index in [9.17, 15) is 0 Å². The molecule has 0 amide bonds. The van der Waals surface area contributed by atoms with Crippen molar-refractivity contribution in [1.29, 1.82) is 0 Å². The van der Waals surface area contributed by atoms with Gasteiger partial charge in [0.2, 0.25) is 0 Å². The van der Waals surface area contributed by atoms with Crippen molar-refractivity contribution < 1.29 is 0 Å². The summed E-state index contributed by atoms with van der Waals surface area (Å²) in [6.07, 6.45) is 15.4. The van der Waals surface area contributed by atoms with Gasteiger partial charge in [-0.25, -0.2) is 0 Å². The third-order valence-corrected chi connectivity index (χ3v) is 2.71. The van der Waals surface area contributed by atoms with Gasteiger partial charge in [0.1, 0.15) is 0 Å². The lowest BCUT2D eigenvalue weighted by Crippen LogP contribution is -1.77. The molecule has 0 radical (unpaired) electrons. The number of allylic oxidation sites excluding steroid dienone is 2. The minimum absolute atomic E-state index is 1.17.